The third-order valence-corrected chi connectivity index (χ3v) is 7.86. The third-order valence-electron chi connectivity index (χ3n) is 7.86. The van der Waals surface area contributed by atoms with Gasteiger partial charge in [0.25, 0.3) is 5.69 Å². The molecule has 30 heteroatoms. The molecule has 0 fully saturated rings. The zero-order valence-corrected chi connectivity index (χ0v) is 42.9. The summed E-state index contributed by atoms with van der Waals surface area (Å²) in [6.45, 7) is 10.5. The van der Waals surface area contributed by atoms with Gasteiger partial charge >= 0.3 is 65.9 Å². The summed E-state index contributed by atoms with van der Waals surface area (Å²) < 4.78 is 24.8. The normalized spacial score (nSPS) is 10.8. The number of carbonyl (C=O) groups excluding carboxylic acids is 4. The predicted octanol–water partition coefficient (Wildman–Crippen LogP) is 4.46. The number of aliphatic carboxylic acids is 2. The first kappa shape index (κ1) is 67.0. The Balaban J connectivity index is 0. The van der Waals surface area contributed by atoms with Crippen molar-refractivity contribution in [1.29, 1.82) is 0 Å². The SMILES string of the molecule is CC(C)(C)OC(=O)N[C@@H](CCCN)C(=O)O.CC(C)(C)OC(=O)N[C@@H](CCCNC(=O)OCc1ccccc1N=[N+]=[N-])C(=O)O.O=C([O-])O.[N-]=[N+]=Nc1ccccc1COC(=O)Oc1ccc([N+](=O)[O-])cc1.[Na+]. The number of non-ortho nitro benzene ring substituents is 1. The fraction of sp³-hybridized carbons (Fsp3) is 0.419. The predicted molar refractivity (Wildman–Crippen MR) is 250 cm³/mol. The van der Waals surface area contributed by atoms with Crippen LogP contribution in [0.15, 0.2) is 83.0 Å². The molecule has 2 atom stereocenters. The van der Waals surface area contributed by atoms with Gasteiger partial charge in [-0.15, -0.1) is 0 Å². The number of nitrogens with zero attached hydrogens (tertiary/aromatic N) is 7. The van der Waals surface area contributed by atoms with Crippen LogP contribution in [0.3, 0.4) is 0 Å². The summed E-state index contributed by atoms with van der Waals surface area (Å²) in [5, 5.41) is 57.9. The number of benzene rings is 3. The molecule has 8 N–H and O–H groups in total. The van der Waals surface area contributed by atoms with Crippen molar-refractivity contribution in [2.24, 2.45) is 16.0 Å². The van der Waals surface area contributed by atoms with E-state index in [4.69, 9.17) is 60.6 Å². The maximum Gasteiger partial charge on any atom is 1.00 e. The van der Waals surface area contributed by atoms with Gasteiger partial charge in [0.05, 0.1) is 4.92 Å². The Morgan fingerprint density at radius 2 is 1.11 bits per heavy atom. The van der Waals surface area contributed by atoms with Gasteiger partial charge in [0.15, 0.2) is 0 Å². The summed E-state index contributed by atoms with van der Waals surface area (Å²) in [7, 11) is 0. The molecule has 0 aromatic heterocycles. The summed E-state index contributed by atoms with van der Waals surface area (Å²) in [4.78, 5) is 92.2. The van der Waals surface area contributed by atoms with Crippen LogP contribution in [0, 0.1) is 10.1 Å². The molecule has 392 valence electrons. The van der Waals surface area contributed by atoms with E-state index in [0.717, 1.165) is 0 Å². The van der Waals surface area contributed by atoms with E-state index in [0.29, 0.717) is 41.9 Å². The fourth-order valence-electron chi connectivity index (χ4n) is 4.88. The van der Waals surface area contributed by atoms with E-state index in [2.05, 4.69) is 36.0 Å². The van der Waals surface area contributed by atoms with Crippen LogP contribution in [0.2, 0.25) is 0 Å². The molecule has 0 saturated carbocycles. The number of hydrogen-bond donors (Lipinski definition) is 7. The molecule has 3 amide bonds. The molecular weight excluding hydrogens is 982 g/mol. The first-order valence-electron chi connectivity index (χ1n) is 21.0. The van der Waals surface area contributed by atoms with Crippen LogP contribution in [0.1, 0.15) is 78.4 Å². The van der Waals surface area contributed by atoms with Crippen molar-refractivity contribution < 1.29 is 112 Å². The van der Waals surface area contributed by atoms with Gasteiger partial charge in [-0.3, -0.25) is 10.1 Å². The quantitative estimate of drug-likeness (QED) is 0.00832. The van der Waals surface area contributed by atoms with E-state index < -0.39 is 70.7 Å². The van der Waals surface area contributed by atoms with Gasteiger partial charge in [0.1, 0.15) is 42.2 Å². The number of nitrogens with two attached hydrogens (primary N) is 1. The average Bonchev–Trinajstić information content (AvgIpc) is 3.27. The maximum atomic E-state index is 11.8. The van der Waals surface area contributed by atoms with Gasteiger partial charge < -0.3 is 70.6 Å². The van der Waals surface area contributed by atoms with Gasteiger partial charge in [0, 0.05) is 39.9 Å². The van der Waals surface area contributed by atoms with Crippen LogP contribution in [-0.2, 0) is 41.8 Å². The number of ether oxygens (including phenoxy) is 5. The molecule has 3 aromatic rings. The third kappa shape index (κ3) is 34.0. The number of amides is 3. The number of alkyl carbamates (subject to hydrolysis) is 3. The van der Waals surface area contributed by atoms with Gasteiger partial charge in [-0.2, -0.15) is 0 Å². The first-order chi connectivity index (χ1) is 33.7. The maximum absolute atomic E-state index is 11.8. The molecule has 3 rings (SSSR count). The molecule has 29 nitrogen and oxygen atoms in total. The molecular formula is C43H56N11NaO18. The van der Waals surface area contributed by atoms with Crippen molar-refractivity contribution in [2.45, 2.75) is 104 Å². The van der Waals surface area contributed by atoms with Crippen molar-refractivity contribution >= 4 is 59.6 Å². The molecule has 0 aliphatic heterocycles. The van der Waals surface area contributed by atoms with Crippen LogP contribution in [0.5, 0.6) is 5.75 Å². The van der Waals surface area contributed by atoms with E-state index in [1.807, 2.05) is 0 Å². The van der Waals surface area contributed by atoms with Gasteiger partial charge in [-0.05, 0) is 108 Å². The second-order valence-corrected chi connectivity index (χ2v) is 15.9. The molecule has 0 aliphatic carbocycles. The first-order valence-corrected chi connectivity index (χ1v) is 21.0. The number of nitro groups is 1. The fourth-order valence-corrected chi connectivity index (χ4v) is 4.88. The Bertz CT molecular complexity index is 2360. The van der Waals surface area contributed by atoms with Crippen molar-refractivity contribution in [3.05, 3.63) is 115 Å². The summed E-state index contributed by atoms with van der Waals surface area (Å²) in [6, 6.07) is 16.2. The van der Waals surface area contributed by atoms with Crippen molar-refractivity contribution in [2.75, 3.05) is 13.1 Å². The number of carboxylic acids is 2. The molecule has 0 aliphatic rings. The molecule has 0 radical (unpaired) electrons. The Labute approximate surface area is 439 Å². The monoisotopic (exact) mass is 1040 g/mol. The molecule has 3 aromatic carbocycles. The number of hydrogen-bond acceptors (Lipinski definition) is 18. The van der Waals surface area contributed by atoms with E-state index in [9.17, 15) is 44.0 Å². The topological polar surface area (TPSA) is 452 Å². The molecule has 0 heterocycles. The summed E-state index contributed by atoms with van der Waals surface area (Å²) in [5.74, 6) is -2.17. The molecule has 73 heavy (non-hydrogen) atoms. The van der Waals surface area contributed by atoms with Crippen molar-refractivity contribution in [3.63, 3.8) is 0 Å². The minimum atomic E-state index is -2.08. The van der Waals surface area contributed by atoms with E-state index in [-0.39, 0.29) is 73.6 Å². The largest absolute Gasteiger partial charge is 1.00 e. The Kier molecular flexibility index (Phi) is 33.0. The van der Waals surface area contributed by atoms with Gasteiger partial charge in [0.2, 0.25) is 6.16 Å². The zero-order valence-electron chi connectivity index (χ0n) is 40.9. The Morgan fingerprint density at radius 3 is 1.49 bits per heavy atom. The minimum Gasteiger partial charge on any atom is -0.565 e. The number of carbonyl (C=O) groups is 7. The van der Waals surface area contributed by atoms with E-state index >= 15 is 0 Å². The molecule has 0 saturated heterocycles. The number of nitrogens with one attached hydrogen (secondary N) is 3. The summed E-state index contributed by atoms with van der Waals surface area (Å²) in [6.07, 6.45) is -4.10. The smallest absolute Gasteiger partial charge is 0.565 e. The zero-order chi connectivity index (χ0) is 54.9. The molecule has 0 spiro atoms. The standard InChI is InChI=1S/C18H25N5O6.C14H10N4O5.C10H20N2O4.CH2O3.Na/c1-18(2,3)29-17(27)21-14(15(24)25)9-6-10-20-16(26)28-11-12-7-4-5-8-13(12)22-23-19;15-17-16-13-4-2-1-3-10(13)9-22-14(19)23-12-7-5-11(6-8-12)18(20)21;1-10(2,3)16-9(15)12-7(8(13)14)5-4-6-11;2-1(3)4;/h4-5,7-8,14H,6,9-11H2,1-3H3,(H,20,26)(H,21,27)(H,24,25);1-8H,9H2;7H,4-6,11H2,1-3H3,(H,12,15)(H,13,14);(H2,2,3,4);/q;;;;+1/p-1/t14-;;7-;;/m0.0../s1. The Hall–Kier alpha value is -8.07. The van der Waals surface area contributed by atoms with Crippen LogP contribution >= 0.6 is 0 Å². The van der Waals surface area contributed by atoms with Crippen LogP contribution < -0.4 is 61.1 Å². The van der Waals surface area contributed by atoms with E-state index in [1.165, 1.54) is 24.3 Å². The number of rotatable bonds is 19. The van der Waals surface area contributed by atoms with Gasteiger partial charge in [-0.1, -0.05) is 58.8 Å². The van der Waals surface area contributed by atoms with Crippen LogP contribution in [-0.4, -0.2) is 99.1 Å². The van der Waals surface area contributed by atoms with Crippen molar-refractivity contribution in [1.82, 2.24) is 16.0 Å². The number of carboxylic acid groups (broad SMARTS) is 4. The average molecular weight is 1040 g/mol. The second-order valence-electron chi connectivity index (χ2n) is 15.9. The van der Waals surface area contributed by atoms with Crippen LogP contribution in [0.25, 0.3) is 20.9 Å². The van der Waals surface area contributed by atoms with Gasteiger partial charge in [-0.25, -0.2) is 28.8 Å². The second kappa shape index (κ2) is 35.9. The van der Waals surface area contributed by atoms with Crippen LogP contribution in [0.4, 0.5) is 41.0 Å². The minimum absolute atomic E-state index is 0. The van der Waals surface area contributed by atoms with E-state index in [1.54, 1.807) is 90.1 Å². The van der Waals surface area contributed by atoms with Crippen molar-refractivity contribution in [3.8, 4) is 5.75 Å². The summed E-state index contributed by atoms with van der Waals surface area (Å²) >= 11 is 0. The summed E-state index contributed by atoms with van der Waals surface area (Å²) in [5.41, 5.74) is 22.5. The number of azide groups is 2. The Morgan fingerprint density at radius 1 is 0.699 bits per heavy atom. The molecule has 0 unspecified atom stereocenters. The number of nitro benzene ring substituents is 1. The molecule has 0 bridgehead atoms.